The molecule has 0 radical (unpaired) electrons. The first kappa shape index (κ1) is 14.2. The van der Waals surface area contributed by atoms with Crippen molar-refractivity contribution < 1.29 is 9.59 Å². The summed E-state index contributed by atoms with van der Waals surface area (Å²) in [5.74, 6) is 0.0707. The molecule has 0 N–H and O–H groups in total. The topological polar surface area (TPSA) is 52.0 Å². The van der Waals surface area contributed by atoms with Gasteiger partial charge in [-0.3, -0.25) is 14.3 Å². The van der Waals surface area contributed by atoms with Gasteiger partial charge in [0.1, 0.15) is 0 Å². The van der Waals surface area contributed by atoms with Crippen LogP contribution in [-0.4, -0.2) is 21.3 Å². The Bertz CT molecular complexity index is 624. The zero-order valence-electron chi connectivity index (χ0n) is 12.0. The molecule has 4 nitrogen and oxygen atoms in total. The van der Waals surface area contributed by atoms with E-state index in [1.807, 2.05) is 12.1 Å². The Morgan fingerprint density at radius 3 is 2.20 bits per heavy atom. The van der Waals surface area contributed by atoms with Gasteiger partial charge in [0.15, 0.2) is 11.6 Å². The number of benzene rings is 1. The second-order valence-corrected chi connectivity index (χ2v) is 5.20. The summed E-state index contributed by atoms with van der Waals surface area (Å²) in [5.41, 5.74) is 2.23. The van der Waals surface area contributed by atoms with Gasteiger partial charge < -0.3 is 0 Å². The normalized spacial score (nSPS) is 10.8. The van der Waals surface area contributed by atoms with Crippen LogP contribution in [0.15, 0.2) is 36.7 Å². The van der Waals surface area contributed by atoms with Crippen molar-refractivity contribution in [1.82, 2.24) is 9.78 Å². The first-order valence-electron chi connectivity index (χ1n) is 6.62. The maximum Gasteiger partial charge on any atom is 0.173 e. The van der Waals surface area contributed by atoms with Gasteiger partial charge in [0.2, 0.25) is 0 Å². The number of carbonyl (C=O) groups excluding carboxylic acids is 2. The highest BCUT2D eigenvalue weighted by Gasteiger charge is 2.15. The third-order valence-electron chi connectivity index (χ3n) is 3.25. The third kappa shape index (κ3) is 3.20. The van der Waals surface area contributed by atoms with E-state index in [0.29, 0.717) is 17.0 Å². The van der Waals surface area contributed by atoms with E-state index in [-0.39, 0.29) is 18.0 Å². The molecule has 0 bridgehead atoms. The predicted octanol–water partition coefficient (Wildman–Crippen LogP) is 3.00. The van der Waals surface area contributed by atoms with Crippen LogP contribution in [0.25, 0.3) is 0 Å². The molecule has 20 heavy (non-hydrogen) atoms. The Balaban J connectivity index is 2.06. The summed E-state index contributed by atoms with van der Waals surface area (Å²) in [6.45, 7) is 4.20. The summed E-state index contributed by atoms with van der Waals surface area (Å²) in [7, 11) is 1.74. The van der Waals surface area contributed by atoms with Crippen molar-refractivity contribution in [1.29, 1.82) is 0 Å². The van der Waals surface area contributed by atoms with E-state index < -0.39 is 0 Å². The van der Waals surface area contributed by atoms with Crippen LogP contribution >= 0.6 is 0 Å². The van der Waals surface area contributed by atoms with Crippen molar-refractivity contribution >= 4 is 11.6 Å². The van der Waals surface area contributed by atoms with Crippen LogP contribution in [0, 0.1) is 0 Å². The second-order valence-electron chi connectivity index (χ2n) is 5.20. The Morgan fingerprint density at radius 1 is 1.10 bits per heavy atom. The van der Waals surface area contributed by atoms with Crippen molar-refractivity contribution in [3.05, 3.63) is 53.3 Å². The lowest BCUT2D eigenvalue weighted by molar-refractivity contribution is 0.0894. The number of rotatable bonds is 5. The molecule has 0 fully saturated rings. The molecule has 0 aliphatic carbocycles. The van der Waals surface area contributed by atoms with Crippen molar-refractivity contribution in [3.8, 4) is 0 Å². The maximum absolute atomic E-state index is 12.1. The SMILES string of the molecule is CC(C)c1ccc(C(=O)CC(=O)c2cnn(C)c2)cc1. The molecular weight excluding hydrogens is 252 g/mol. The molecular formula is C16H18N2O2. The fraction of sp³-hybridized carbons (Fsp3) is 0.312. The summed E-state index contributed by atoms with van der Waals surface area (Å²) in [4.78, 5) is 24.0. The van der Waals surface area contributed by atoms with Gasteiger partial charge in [0, 0.05) is 18.8 Å². The van der Waals surface area contributed by atoms with Crippen LogP contribution < -0.4 is 0 Å². The minimum Gasteiger partial charge on any atom is -0.294 e. The molecule has 0 unspecified atom stereocenters. The quantitative estimate of drug-likeness (QED) is 0.620. The van der Waals surface area contributed by atoms with Gasteiger partial charge in [-0.25, -0.2) is 0 Å². The van der Waals surface area contributed by atoms with Gasteiger partial charge in [-0.2, -0.15) is 5.10 Å². The monoisotopic (exact) mass is 270 g/mol. The van der Waals surface area contributed by atoms with Crippen LogP contribution in [-0.2, 0) is 7.05 Å². The number of carbonyl (C=O) groups is 2. The Hall–Kier alpha value is -2.23. The molecule has 2 aromatic rings. The fourth-order valence-electron chi connectivity index (χ4n) is 1.97. The summed E-state index contributed by atoms with van der Waals surface area (Å²) < 4.78 is 1.55. The molecule has 0 aliphatic heterocycles. The molecule has 0 aliphatic rings. The van der Waals surface area contributed by atoms with Gasteiger partial charge >= 0.3 is 0 Å². The zero-order chi connectivity index (χ0) is 14.7. The predicted molar refractivity (Wildman–Crippen MR) is 77.0 cm³/mol. The smallest absolute Gasteiger partial charge is 0.173 e. The highest BCUT2D eigenvalue weighted by atomic mass is 16.1. The van der Waals surface area contributed by atoms with Crippen molar-refractivity contribution in [2.24, 2.45) is 7.05 Å². The number of Topliss-reactive ketones (excluding diaryl/α,β-unsaturated/α-hetero) is 2. The van der Waals surface area contributed by atoms with Crippen LogP contribution in [0.4, 0.5) is 0 Å². The molecule has 0 amide bonds. The molecule has 104 valence electrons. The standard InChI is InChI=1S/C16H18N2O2/c1-11(2)12-4-6-13(7-5-12)15(19)8-16(20)14-9-17-18(3)10-14/h4-7,9-11H,8H2,1-3H3. The van der Waals surface area contributed by atoms with Crippen LogP contribution in [0.3, 0.4) is 0 Å². The van der Waals surface area contributed by atoms with Gasteiger partial charge in [0.25, 0.3) is 0 Å². The van der Waals surface area contributed by atoms with Crippen molar-refractivity contribution in [2.75, 3.05) is 0 Å². The van der Waals surface area contributed by atoms with E-state index in [9.17, 15) is 9.59 Å². The van der Waals surface area contributed by atoms with E-state index in [1.165, 1.54) is 11.8 Å². The zero-order valence-corrected chi connectivity index (χ0v) is 12.0. The molecule has 2 rings (SSSR count). The lowest BCUT2D eigenvalue weighted by Crippen LogP contribution is -2.08. The Labute approximate surface area is 118 Å². The summed E-state index contributed by atoms with van der Waals surface area (Å²) in [6, 6.07) is 7.45. The maximum atomic E-state index is 12.1. The highest BCUT2D eigenvalue weighted by molar-refractivity contribution is 6.13. The van der Waals surface area contributed by atoms with Crippen molar-refractivity contribution in [3.63, 3.8) is 0 Å². The number of aryl methyl sites for hydroxylation is 1. The van der Waals surface area contributed by atoms with Crippen LogP contribution in [0.5, 0.6) is 0 Å². The first-order valence-corrected chi connectivity index (χ1v) is 6.62. The van der Waals surface area contributed by atoms with Crippen LogP contribution in [0.1, 0.15) is 52.5 Å². The van der Waals surface area contributed by atoms with E-state index in [0.717, 1.165) is 0 Å². The van der Waals surface area contributed by atoms with E-state index in [1.54, 1.807) is 30.1 Å². The van der Waals surface area contributed by atoms with Gasteiger partial charge in [-0.15, -0.1) is 0 Å². The minimum atomic E-state index is -0.198. The first-order chi connectivity index (χ1) is 9.47. The van der Waals surface area contributed by atoms with Gasteiger partial charge in [-0.1, -0.05) is 38.1 Å². The third-order valence-corrected chi connectivity index (χ3v) is 3.25. The lowest BCUT2D eigenvalue weighted by Gasteiger charge is -2.06. The van der Waals surface area contributed by atoms with E-state index in [4.69, 9.17) is 0 Å². The van der Waals surface area contributed by atoms with Gasteiger partial charge in [0.05, 0.1) is 18.2 Å². The molecule has 1 heterocycles. The Kier molecular flexibility index (Phi) is 4.13. The summed E-state index contributed by atoms with van der Waals surface area (Å²) >= 11 is 0. The molecule has 0 saturated carbocycles. The number of hydrogen-bond donors (Lipinski definition) is 0. The van der Waals surface area contributed by atoms with Gasteiger partial charge in [-0.05, 0) is 11.5 Å². The summed E-state index contributed by atoms with van der Waals surface area (Å²) in [5, 5.41) is 3.93. The average molecular weight is 270 g/mol. The Morgan fingerprint density at radius 2 is 1.70 bits per heavy atom. The largest absolute Gasteiger partial charge is 0.294 e. The molecule has 1 aromatic heterocycles. The molecule has 1 aromatic carbocycles. The number of nitrogens with zero attached hydrogens (tertiary/aromatic N) is 2. The molecule has 0 saturated heterocycles. The van der Waals surface area contributed by atoms with E-state index >= 15 is 0 Å². The average Bonchev–Trinajstić information content (AvgIpc) is 2.85. The molecule has 4 heteroatoms. The molecule has 0 spiro atoms. The second kappa shape index (κ2) is 5.82. The number of ketones is 2. The van der Waals surface area contributed by atoms with Crippen LogP contribution in [0.2, 0.25) is 0 Å². The molecule has 0 atom stereocenters. The van der Waals surface area contributed by atoms with E-state index in [2.05, 4.69) is 18.9 Å². The van der Waals surface area contributed by atoms with Crippen molar-refractivity contribution in [2.45, 2.75) is 26.2 Å². The lowest BCUT2D eigenvalue weighted by atomic mass is 9.98. The summed E-state index contributed by atoms with van der Waals surface area (Å²) in [6.07, 6.45) is 2.99. The number of aromatic nitrogens is 2. The highest BCUT2D eigenvalue weighted by Crippen LogP contribution is 2.16. The minimum absolute atomic E-state index is 0.118. The fourth-order valence-corrected chi connectivity index (χ4v) is 1.97. The number of hydrogen-bond acceptors (Lipinski definition) is 3.